The van der Waals surface area contributed by atoms with Crippen LogP contribution in [0.3, 0.4) is 0 Å². The number of hydrogen-bond donors (Lipinski definition) is 1. The number of amides is 2. The highest BCUT2D eigenvalue weighted by Crippen LogP contribution is 2.29. The van der Waals surface area contributed by atoms with Crippen LogP contribution >= 0.6 is 0 Å². The van der Waals surface area contributed by atoms with Gasteiger partial charge in [-0.1, -0.05) is 24.3 Å². The Morgan fingerprint density at radius 3 is 2.77 bits per heavy atom. The third kappa shape index (κ3) is 3.11. The van der Waals surface area contributed by atoms with Gasteiger partial charge in [-0.05, 0) is 36.8 Å². The summed E-state index contributed by atoms with van der Waals surface area (Å²) in [6.07, 6.45) is 3.58. The third-order valence-corrected chi connectivity index (χ3v) is 6.49. The van der Waals surface area contributed by atoms with E-state index in [2.05, 4.69) is 17.4 Å². The van der Waals surface area contributed by atoms with Crippen molar-refractivity contribution < 1.29 is 13.2 Å². The topological polar surface area (TPSA) is 66.5 Å². The molecule has 6 heteroatoms. The molecule has 0 saturated carbocycles. The number of fused-ring (bicyclic) bond motifs is 1. The minimum Gasteiger partial charge on any atom is -0.331 e. The van der Waals surface area contributed by atoms with E-state index in [1.54, 1.807) is 11.9 Å². The molecule has 22 heavy (non-hydrogen) atoms. The molecule has 0 unspecified atom stereocenters. The first-order valence-corrected chi connectivity index (χ1v) is 9.60. The highest BCUT2D eigenvalue weighted by atomic mass is 32.2. The maximum absolute atomic E-state index is 12.4. The average molecular weight is 322 g/mol. The summed E-state index contributed by atoms with van der Waals surface area (Å²) in [5, 5.41) is 3.07. The molecule has 0 bridgehead atoms. The van der Waals surface area contributed by atoms with Crippen LogP contribution < -0.4 is 5.32 Å². The monoisotopic (exact) mass is 322 g/mol. The van der Waals surface area contributed by atoms with Gasteiger partial charge >= 0.3 is 6.03 Å². The summed E-state index contributed by atoms with van der Waals surface area (Å²) < 4.78 is 23.1. The van der Waals surface area contributed by atoms with Gasteiger partial charge in [-0.15, -0.1) is 0 Å². The van der Waals surface area contributed by atoms with Gasteiger partial charge in [0.25, 0.3) is 0 Å². The van der Waals surface area contributed by atoms with Gasteiger partial charge in [-0.2, -0.15) is 0 Å². The number of benzene rings is 1. The zero-order valence-electron chi connectivity index (χ0n) is 12.8. The Hall–Kier alpha value is -1.56. The summed E-state index contributed by atoms with van der Waals surface area (Å²) in [6.45, 7) is 0. The van der Waals surface area contributed by atoms with Crippen molar-refractivity contribution in [1.29, 1.82) is 0 Å². The van der Waals surface area contributed by atoms with Crippen molar-refractivity contribution in [3.05, 3.63) is 35.4 Å². The number of nitrogens with one attached hydrogen (secondary N) is 1. The van der Waals surface area contributed by atoms with Crippen molar-refractivity contribution in [2.24, 2.45) is 0 Å². The molecule has 2 aliphatic rings. The Bertz CT molecular complexity index is 672. The molecule has 1 aromatic carbocycles. The number of hydrogen-bond acceptors (Lipinski definition) is 3. The molecular weight excluding hydrogens is 300 g/mol. The summed E-state index contributed by atoms with van der Waals surface area (Å²) in [4.78, 5) is 14.0. The van der Waals surface area contributed by atoms with E-state index < -0.39 is 9.84 Å². The molecule has 5 nitrogen and oxygen atoms in total. The lowest BCUT2D eigenvalue weighted by Crippen LogP contribution is -2.45. The zero-order valence-corrected chi connectivity index (χ0v) is 13.6. The van der Waals surface area contributed by atoms with E-state index in [1.165, 1.54) is 11.1 Å². The quantitative estimate of drug-likeness (QED) is 0.904. The van der Waals surface area contributed by atoms with Gasteiger partial charge in [0.05, 0.1) is 17.5 Å². The zero-order chi connectivity index (χ0) is 15.7. The molecule has 1 heterocycles. The van der Waals surface area contributed by atoms with Crippen molar-refractivity contribution in [3.8, 4) is 0 Å². The van der Waals surface area contributed by atoms with Crippen LogP contribution in [0.25, 0.3) is 0 Å². The highest BCUT2D eigenvalue weighted by molar-refractivity contribution is 7.91. The molecular formula is C16H22N2O3S. The number of carbonyl (C=O) groups is 1. The Balaban J connectivity index is 1.68. The van der Waals surface area contributed by atoms with Crippen LogP contribution in [0.15, 0.2) is 24.3 Å². The smallest absolute Gasteiger partial charge is 0.317 e. The van der Waals surface area contributed by atoms with Crippen molar-refractivity contribution in [1.82, 2.24) is 10.2 Å². The Kier molecular flexibility index (Phi) is 4.12. The van der Waals surface area contributed by atoms with Crippen LogP contribution in [0.1, 0.15) is 36.4 Å². The lowest BCUT2D eigenvalue weighted by molar-refractivity contribution is 0.189. The molecule has 2 atom stereocenters. The molecule has 0 radical (unpaired) electrons. The van der Waals surface area contributed by atoms with Crippen LogP contribution in [0, 0.1) is 0 Å². The normalized spacial score (nSPS) is 26.2. The van der Waals surface area contributed by atoms with Crippen molar-refractivity contribution >= 4 is 15.9 Å². The second-order valence-electron chi connectivity index (χ2n) is 6.26. The van der Waals surface area contributed by atoms with Gasteiger partial charge in [0.15, 0.2) is 9.84 Å². The Labute approximate surface area is 131 Å². The fraction of sp³-hybridized carbons (Fsp3) is 0.562. The summed E-state index contributed by atoms with van der Waals surface area (Å²) in [5.74, 6) is 0.264. The summed E-state index contributed by atoms with van der Waals surface area (Å²) in [7, 11) is -1.29. The average Bonchev–Trinajstić information content (AvgIpc) is 2.87. The first-order valence-electron chi connectivity index (χ1n) is 7.78. The minimum atomic E-state index is -2.98. The number of urea groups is 1. The van der Waals surface area contributed by atoms with Crippen molar-refractivity contribution in [2.75, 3.05) is 18.6 Å². The second kappa shape index (κ2) is 5.91. The van der Waals surface area contributed by atoms with Crippen LogP contribution in [-0.4, -0.2) is 43.9 Å². The summed E-state index contributed by atoms with van der Waals surface area (Å²) in [6, 6.07) is 7.85. The molecule has 0 spiro atoms. The molecule has 120 valence electrons. The van der Waals surface area contributed by atoms with E-state index in [-0.39, 0.29) is 29.6 Å². The molecule has 1 aliphatic heterocycles. The van der Waals surface area contributed by atoms with E-state index in [1.807, 2.05) is 12.1 Å². The molecule has 3 rings (SSSR count). The van der Waals surface area contributed by atoms with Crippen LogP contribution in [0.4, 0.5) is 4.79 Å². The first kappa shape index (κ1) is 15.3. The van der Waals surface area contributed by atoms with Crippen molar-refractivity contribution in [3.63, 3.8) is 0 Å². The number of rotatable bonds is 2. The van der Waals surface area contributed by atoms with E-state index in [0.29, 0.717) is 6.42 Å². The standard InChI is InChI=1S/C16H22N2O3S/c1-18(13-9-10-22(20,21)11-13)16(19)17-15-8-4-6-12-5-2-3-7-14(12)15/h2-3,5,7,13,15H,4,6,8-11H2,1H3,(H,17,19)/t13-,15-/m1/s1. The molecule has 1 aliphatic carbocycles. The molecule has 1 aromatic rings. The van der Waals surface area contributed by atoms with Gasteiger partial charge in [-0.25, -0.2) is 13.2 Å². The summed E-state index contributed by atoms with van der Waals surface area (Å²) in [5.41, 5.74) is 2.49. The second-order valence-corrected chi connectivity index (χ2v) is 8.49. The maximum Gasteiger partial charge on any atom is 0.317 e. The molecule has 1 saturated heterocycles. The fourth-order valence-corrected chi connectivity index (χ4v) is 5.18. The van der Waals surface area contributed by atoms with Gasteiger partial charge in [-0.3, -0.25) is 0 Å². The van der Waals surface area contributed by atoms with E-state index in [9.17, 15) is 13.2 Å². The maximum atomic E-state index is 12.4. The van der Waals surface area contributed by atoms with Crippen LogP contribution in [0.2, 0.25) is 0 Å². The predicted molar refractivity (Wildman–Crippen MR) is 85.5 cm³/mol. The van der Waals surface area contributed by atoms with Crippen molar-refractivity contribution in [2.45, 2.75) is 37.8 Å². The Morgan fingerprint density at radius 2 is 2.05 bits per heavy atom. The van der Waals surface area contributed by atoms with Gasteiger partial charge in [0, 0.05) is 13.1 Å². The predicted octanol–water partition coefficient (Wildman–Crippen LogP) is 1.89. The van der Waals surface area contributed by atoms with Gasteiger partial charge < -0.3 is 10.2 Å². The first-order chi connectivity index (χ1) is 10.5. The number of aryl methyl sites for hydroxylation is 1. The number of nitrogens with zero attached hydrogens (tertiary/aromatic N) is 1. The fourth-order valence-electron chi connectivity index (χ4n) is 3.40. The number of carbonyl (C=O) groups excluding carboxylic acids is 1. The largest absolute Gasteiger partial charge is 0.331 e. The van der Waals surface area contributed by atoms with Crippen LogP contribution in [-0.2, 0) is 16.3 Å². The molecule has 2 amide bonds. The lowest BCUT2D eigenvalue weighted by atomic mass is 9.88. The molecule has 1 N–H and O–H groups in total. The van der Waals surface area contributed by atoms with E-state index >= 15 is 0 Å². The van der Waals surface area contributed by atoms with Gasteiger partial charge in [0.1, 0.15) is 0 Å². The molecule has 0 aromatic heterocycles. The van der Waals surface area contributed by atoms with E-state index in [0.717, 1.165) is 19.3 Å². The third-order valence-electron chi connectivity index (χ3n) is 4.74. The molecule has 1 fully saturated rings. The Morgan fingerprint density at radius 1 is 1.27 bits per heavy atom. The van der Waals surface area contributed by atoms with Crippen LogP contribution in [0.5, 0.6) is 0 Å². The minimum absolute atomic E-state index is 0.0258. The summed E-state index contributed by atoms with van der Waals surface area (Å²) >= 11 is 0. The number of sulfone groups is 1. The van der Waals surface area contributed by atoms with Gasteiger partial charge in [0.2, 0.25) is 0 Å². The highest BCUT2D eigenvalue weighted by Gasteiger charge is 2.33. The SMILES string of the molecule is CN(C(=O)N[C@@H]1CCCc2ccccc21)[C@@H]1CCS(=O)(=O)C1. The lowest BCUT2D eigenvalue weighted by Gasteiger charge is -2.30. The van der Waals surface area contributed by atoms with E-state index in [4.69, 9.17) is 0 Å².